The summed E-state index contributed by atoms with van der Waals surface area (Å²) in [6, 6.07) is 0. The minimum absolute atomic E-state index is 0.0721. The molecule has 0 aromatic carbocycles. The van der Waals surface area contributed by atoms with E-state index < -0.39 is 0 Å². The molecule has 4 rings (SSSR count). The highest BCUT2D eigenvalue weighted by Gasteiger charge is 2.63. The highest BCUT2D eigenvalue weighted by Crippen LogP contribution is 2.55. The first kappa shape index (κ1) is 8.21. The first-order chi connectivity index (χ1) is 6.13. The van der Waals surface area contributed by atoms with Gasteiger partial charge in [-0.2, -0.15) is 0 Å². The Morgan fingerprint density at radius 1 is 1.46 bits per heavy atom. The normalized spacial score (nSPS) is 64.4. The van der Waals surface area contributed by atoms with Crippen LogP contribution in [0.25, 0.3) is 0 Å². The molecule has 4 fully saturated rings. The number of aliphatic hydroxyl groups excluding tert-OH is 1. The molecule has 3 nitrogen and oxygen atoms in total. The summed E-state index contributed by atoms with van der Waals surface area (Å²) in [4.78, 5) is 0. The van der Waals surface area contributed by atoms with E-state index in [1.807, 2.05) is 6.92 Å². The van der Waals surface area contributed by atoms with Crippen molar-refractivity contribution in [3.63, 3.8) is 0 Å². The van der Waals surface area contributed by atoms with E-state index in [1.165, 1.54) is 0 Å². The molecule has 3 heterocycles. The van der Waals surface area contributed by atoms with E-state index in [2.05, 4.69) is 6.92 Å². The van der Waals surface area contributed by atoms with Crippen LogP contribution in [-0.4, -0.2) is 29.7 Å². The van der Waals surface area contributed by atoms with Crippen LogP contribution >= 0.6 is 0 Å². The van der Waals surface area contributed by atoms with Gasteiger partial charge in [-0.25, -0.2) is 0 Å². The molecule has 3 aliphatic heterocycles. The molecular weight excluding hydrogens is 168 g/mol. The van der Waals surface area contributed by atoms with E-state index in [4.69, 9.17) is 9.47 Å². The van der Waals surface area contributed by atoms with Crippen LogP contribution in [0.1, 0.15) is 20.3 Å². The number of hydrogen-bond donors (Lipinski definition) is 1. The van der Waals surface area contributed by atoms with E-state index in [9.17, 15) is 5.11 Å². The molecule has 0 aromatic heterocycles. The van der Waals surface area contributed by atoms with Crippen LogP contribution < -0.4 is 0 Å². The second kappa shape index (κ2) is 2.27. The molecule has 0 amide bonds. The predicted octanol–water partition coefficient (Wildman–Crippen LogP) is 0.765. The lowest BCUT2D eigenvalue weighted by molar-refractivity contribution is -0.337. The van der Waals surface area contributed by atoms with Gasteiger partial charge in [-0.3, -0.25) is 0 Å². The third kappa shape index (κ3) is 0.808. The molecule has 1 N–H and O–H groups in total. The number of ether oxygens (including phenoxy) is 2. The Morgan fingerprint density at radius 3 is 2.92 bits per heavy atom. The van der Waals surface area contributed by atoms with Crippen LogP contribution in [0.3, 0.4) is 0 Å². The van der Waals surface area contributed by atoms with Crippen LogP contribution in [0.15, 0.2) is 0 Å². The van der Waals surface area contributed by atoms with E-state index in [-0.39, 0.29) is 18.0 Å². The second-order valence-electron chi connectivity index (χ2n) is 4.88. The Hall–Kier alpha value is -0.120. The van der Waals surface area contributed by atoms with Gasteiger partial charge in [0, 0.05) is 11.8 Å². The molecule has 74 valence electrons. The molecule has 3 saturated heterocycles. The number of rotatable bonds is 0. The SMILES string of the molecule is C[C@H]1[C@H]2OC[C@H]3[C@@H]1C[C@H](O)[C@@]3(C)O2. The van der Waals surface area contributed by atoms with Gasteiger partial charge < -0.3 is 14.6 Å². The first-order valence-corrected chi connectivity index (χ1v) is 5.10. The van der Waals surface area contributed by atoms with Crippen molar-refractivity contribution >= 4 is 0 Å². The van der Waals surface area contributed by atoms with Crippen LogP contribution in [0, 0.1) is 17.8 Å². The van der Waals surface area contributed by atoms with Crippen molar-refractivity contribution in [1.29, 1.82) is 0 Å². The summed E-state index contributed by atoms with van der Waals surface area (Å²) in [6.45, 7) is 4.97. The lowest BCUT2D eigenvalue weighted by Gasteiger charge is -2.51. The predicted molar refractivity (Wildman–Crippen MR) is 46.0 cm³/mol. The van der Waals surface area contributed by atoms with Gasteiger partial charge in [0.2, 0.25) is 0 Å². The smallest absolute Gasteiger partial charge is 0.161 e. The van der Waals surface area contributed by atoms with Crippen molar-refractivity contribution in [2.24, 2.45) is 17.8 Å². The van der Waals surface area contributed by atoms with Gasteiger partial charge in [0.1, 0.15) is 0 Å². The quantitative estimate of drug-likeness (QED) is 0.604. The first-order valence-electron chi connectivity index (χ1n) is 5.10. The average Bonchev–Trinajstić information content (AvgIpc) is 2.32. The Balaban J connectivity index is 2.02. The molecule has 0 unspecified atom stereocenters. The van der Waals surface area contributed by atoms with E-state index in [1.54, 1.807) is 0 Å². The maximum Gasteiger partial charge on any atom is 0.161 e. The van der Waals surface area contributed by atoms with Crippen LogP contribution in [0.5, 0.6) is 0 Å². The van der Waals surface area contributed by atoms with E-state index in [0.717, 1.165) is 13.0 Å². The summed E-state index contributed by atoms with van der Waals surface area (Å²) < 4.78 is 11.4. The monoisotopic (exact) mass is 184 g/mol. The molecule has 0 spiro atoms. The van der Waals surface area contributed by atoms with Gasteiger partial charge in [0.15, 0.2) is 6.29 Å². The molecular formula is C10H16O3. The fourth-order valence-electron chi connectivity index (χ4n) is 3.31. The maximum atomic E-state index is 9.92. The molecule has 0 aromatic rings. The Morgan fingerprint density at radius 2 is 2.23 bits per heavy atom. The maximum absolute atomic E-state index is 9.92. The van der Waals surface area contributed by atoms with Gasteiger partial charge >= 0.3 is 0 Å². The summed E-state index contributed by atoms with van der Waals surface area (Å²) in [7, 11) is 0. The molecule has 1 aliphatic carbocycles. The minimum Gasteiger partial charge on any atom is -0.390 e. The highest BCUT2D eigenvalue weighted by atomic mass is 16.7. The van der Waals surface area contributed by atoms with Crippen molar-refractivity contribution in [3.05, 3.63) is 0 Å². The van der Waals surface area contributed by atoms with Crippen molar-refractivity contribution < 1.29 is 14.6 Å². The summed E-state index contributed by atoms with van der Waals surface area (Å²) in [6.07, 6.45) is 0.526. The summed E-state index contributed by atoms with van der Waals surface area (Å²) in [5.74, 6) is 1.46. The fourth-order valence-corrected chi connectivity index (χ4v) is 3.31. The minimum atomic E-state index is -0.319. The molecule has 1 saturated carbocycles. The van der Waals surface area contributed by atoms with Gasteiger partial charge in [0.05, 0.1) is 18.3 Å². The average molecular weight is 184 g/mol. The molecule has 3 heteroatoms. The van der Waals surface area contributed by atoms with Crippen LogP contribution in [0.2, 0.25) is 0 Å². The van der Waals surface area contributed by atoms with E-state index in [0.29, 0.717) is 17.8 Å². The highest BCUT2D eigenvalue weighted by molar-refractivity contribution is 5.08. The number of aliphatic hydroxyl groups is 1. The van der Waals surface area contributed by atoms with Crippen molar-refractivity contribution in [2.45, 2.75) is 38.3 Å². The van der Waals surface area contributed by atoms with Gasteiger partial charge in [-0.05, 0) is 19.3 Å². The number of fused-ring (bicyclic) bond motifs is 1. The topological polar surface area (TPSA) is 38.7 Å². The largest absolute Gasteiger partial charge is 0.390 e. The number of hydrogen-bond acceptors (Lipinski definition) is 3. The van der Waals surface area contributed by atoms with Crippen LogP contribution in [0.4, 0.5) is 0 Å². The third-order valence-corrected chi connectivity index (χ3v) is 4.32. The summed E-state index contributed by atoms with van der Waals surface area (Å²) in [5.41, 5.74) is -0.319. The molecule has 13 heavy (non-hydrogen) atoms. The van der Waals surface area contributed by atoms with Gasteiger partial charge in [-0.1, -0.05) is 6.92 Å². The zero-order valence-corrected chi connectivity index (χ0v) is 8.06. The van der Waals surface area contributed by atoms with E-state index >= 15 is 0 Å². The molecule has 4 aliphatic rings. The second-order valence-corrected chi connectivity index (χ2v) is 4.88. The molecule has 0 radical (unpaired) electrons. The Bertz CT molecular complexity index is 242. The zero-order valence-electron chi connectivity index (χ0n) is 8.06. The van der Waals surface area contributed by atoms with Gasteiger partial charge in [-0.15, -0.1) is 0 Å². The lowest BCUT2D eigenvalue weighted by Crippen LogP contribution is -2.59. The lowest BCUT2D eigenvalue weighted by atomic mass is 9.76. The Labute approximate surface area is 78.0 Å². The summed E-state index contributed by atoms with van der Waals surface area (Å²) in [5, 5.41) is 9.92. The van der Waals surface area contributed by atoms with Crippen molar-refractivity contribution in [3.8, 4) is 0 Å². The van der Waals surface area contributed by atoms with Crippen molar-refractivity contribution in [1.82, 2.24) is 0 Å². The van der Waals surface area contributed by atoms with Gasteiger partial charge in [0.25, 0.3) is 0 Å². The molecule has 6 atom stereocenters. The van der Waals surface area contributed by atoms with Crippen LogP contribution in [-0.2, 0) is 9.47 Å². The fraction of sp³-hybridized carbons (Fsp3) is 1.00. The molecule has 4 bridgehead atoms. The standard InChI is InChI=1S/C10H16O3/c1-5-6-3-8(11)10(2)7(6)4-12-9(5)13-10/h5-9,11H,3-4H2,1-2H3/t5-,6-,7+,8+,9+,10+/m1/s1. The summed E-state index contributed by atoms with van der Waals surface area (Å²) >= 11 is 0. The Kier molecular flexibility index (Phi) is 1.43. The zero-order chi connectivity index (χ0) is 9.22. The van der Waals surface area contributed by atoms with Crippen molar-refractivity contribution in [2.75, 3.05) is 6.61 Å². The third-order valence-electron chi connectivity index (χ3n) is 4.32.